The number of hydrogen-bond donors (Lipinski definition) is 0. The van der Waals surface area contributed by atoms with Gasteiger partial charge in [0.25, 0.3) is 0 Å². The molecule has 122 valence electrons. The monoisotopic (exact) mass is 325 g/mol. The topological polar surface area (TPSA) is 45.7 Å². The summed E-state index contributed by atoms with van der Waals surface area (Å²) < 4.78 is 5.44. The molecule has 1 aliphatic heterocycles. The molecule has 0 spiro atoms. The number of carbonyl (C=O) groups is 1. The highest BCUT2D eigenvalue weighted by atomic mass is 35.5. The highest BCUT2D eigenvalue weighted by molar-refractivity contribution is 6.29. The van der Waals surface area contributed by atoms with E-state index in [2.05, 4.69) is 16.8 Å². The molecule has 0 aromatic carbocycles. The standard InChI is InChI=1S/C16H24ClN3O2/c1-12-10-20(15(21)22-16(2,3)4)8-7-19(12)11-13-5-6-14(17)18-9-13/h5-6,9,12H,7-8,10-11H2,1-4H3/t12-/m0/s1. The summed E-state index contributed by atoms with van der Waals surface area (Å²) in [5, 5.41) is 0.506. The number of piperazine rings is 1. The van der Waals surface area contributed by atoms with Crippen LogP contribution in [0.4, 0.5) is 4.79 Å². The number of carbonyl (C=O) groups excluding carboxylic acids is 1. The largest absolute Gasteiger partial charge is 0.444 e. The third kappa shape index (κ3) is 4.85. The average Bonchev–Trinajstić information content (AvgIpc) is 2.41. The molecule has 5 nitrogen and oxygen atoms in total. The van der Waals surface area contributed by atoms with Crippen LogP contribution in [0.1, 0.15) is 33.3 Å². The predicted molar refractivity (Wildman–Crippen MR) is 86.9 cm³/mol. The maximum absolute atomic E-state index is 12.1. The first-order valence-electron chi connectivity index (χ1n) is 7.57. The van der Waals surface area contributed by atoms with Gasteiger partial charge in [-0.15, -0.1) is 0 Å². The average molecular weight is 326 g/mol. The Morgan fingerprint density at radius 3 is 2.68 bits per heavy atom. The summed E-state index contributed by atoms with van der Waals surface area (Å²) in [4.78, 5) is 20.4. The third-order valence-corrected chi connectivity index (χ3v) is 3.81. The van der Waals surface area contributed by atoms with Gasteiger partial charge in [-0.05, 0) is 39.3 Å². The molecule has 2 heterocycles. The van der Waals surface area contributed by atoms with Crippen molar-refractivity contribution in [2.75, 3.05) is 19.6 Å². The first kappa shape index (κ1) is 17.0. The van der Waals surface area contributed by atoms with Gasteiger partial charge in [-0.3, -0.25) is 4.90 Å². The highest BCUT2D eigenvalue weighted by Gasteiger charge is 2.29. The summed E-state index contributed by atoms with van der Waals surface area (Å²) in [6.07, 6.45) is 1.57. The van der Waals surface area contributed by atoms with Crippen molar-refractivity contribution in [2.24, 2.45) is 0 Å². The van der Waals surface area contributed by atoms with Crippen LogP contribution in [-0.4, -0.2) is 52.2 Å². The van der Waals surface area contributed by atoms with Crippen molar-refractivity contribution in [3.05, 3.63) is 29.0 Å². The summed E-state index contributed by atoms with van der Waals surface area (Å²) in [6, 6.07) is 4.07. The van der Waals surface area contributed by atoms with Gasteiger partial charge < -0.3 is 9.64 Å². The van der Waals surface area contributed by atoms with Gasteiger partial charge in [0.15, 0.2) is 0 Å². The first-order chi connectivity index (χ1) is 10.2. The van der Waals surface area contributed by atoms with E-state index in [1.807, 2.05) is 26.8 Å². The van der Waals surface area contributed by atoms with Crippen molar-refractivity contribution in [3.8, 4) is 0 Å². The molecule has 1 aromatic rings. The molecule has 22 heavy (non-hydrogen) atoms. The van der Waals surface area contributed by atoms with E-state index in [0.717, 1.165) is 18.7 Å². The van der Waals surface area contributed by atoms with Crippen molar-refractivity contribution in [1.82, 2.24) is 14.8 Å². The summed E-state index contributed by atoms with van der Waals surface area (Å²) in [6.45, 7) is 10.8. The maximum atomic E-state index is 12.1. The van der Waals surface area contributed by atoms with E-state index < -0.39 is 5.60 Å². The summed E-state index contributed by atoms with van der Waals surface area (Å²) in [5.74, 6) is 0. The Labute approximate surface area is 137 Å². The number of halogens is 1. The molecule has 1 saturated heterocycles. The van der Waals surface area contributed by atoms with Gasteiger partial charge in [0.2, 0.25) is 0 Å². The number of nitrogens with zero attached hydrogens (tertiary/aromatic N) is 3. The lowest BCUT2D eigenvalue weighted by molar-refractivity contribution is 0.00460. The highest BCUT2D eigenvalue weighted by Crippen LogP contribution is 2.17. The van der Waals surface area contributed by atoms with E-state index in [-0.39, 0.29) is 12.1 Å². The zero-order valence-electron chi connectivity index (χ0n) is 13.7. The molecule has 0 N–H and O–H groups in total. The van der Waals surface area contributed by atoms with Crippen molar-refractivity contribution < 1.29 is 9.53 Å². The van der Waals surface area contributed by atoms with E-state index in [9.17, 15) is 4.79 Å². The number of pyridine rings is 1. The molecular weight excluding hydrogens is 302 g/mol. The molecule has 0 aliphatic carbocycles. The van der Waals surface area contributed by atoms with Crippen LogP contribution in [0.25, 0.3) is 0 Å². The van der Waals surface area contributed by atoms with Gasteiger partial charge in [0.1, 0.15) is 10.8 Å². The van der Waals surface area contributed by atoms with E-state index >= 15 is 0 Å². The van der Waals surface area contributed by atoms with E-state index in [0.29, 0.717) is 18.2 Å². The fourth-order valence-electron chi connectivity index (χ4n) is 2.46. The van der Waals surface area contributed by atoms with E-state index in [1.165, 1.54) is 0 Å². The van der Waals surface area contributed by atoms with Gasteiger partial charge >= 0.3 is 6.09 Å². The minimum Gasteiger partial charge on any atom is -0.444 e. The minimum atomic E-state index is -0.452. The molecule has 1 atom stereocenters. The Balaban J connectivity index is 1.90. The van der Waals surface area contributed by atoms with Gasteiger partial charge in [0, 0.05) is 38.4 Å². The molecule has 0 saturated carbocycles. The van der Waals surface area contributed by atoms with Crippen LogP contribution < -0.4 is 0 Å². The first-order valence-corrected chi connectivity index (χ1v) is 7.95. The molecule has 0 unspecified atom stereocenters. The van der Waals surface area contributed by atoms with E-state index in [1.54, 1.807) is 17.2 Å². The van der Waals surface area contributed by atoms with Crippen LogP contribution in [0.2, 0.25) is 5.15 Å². The van der Waals surface area contributed by atoms with Crippen molar-refractivity contribution in [2.45, 2.75) is 45.9 Å². The number of amides is 1. The van der Waals surface area contributed by atoms with Crippen LogP contribution >= 0.6 is 11.6 Å². The van der Waals surface area contributed by atoms with Crippen molar-refractivity contribution in [3.63, 3.8) is 0 Å². The zero-order valence-corrected chi connectivity index (χ0v) is 14.4. The lowest BCUT2D eigenvalue weighted by Gasteiger charge is -2.40. The molecule has 2 rings (SSSR count). The Hall–Kier alpha value is -1.33. The number of ether oxygens (including phenoxy) is 1. The summed E-state index contributed by atoms with van der Waals surface area (Å²) in [7, 11) is 0. The molecule has 0 bridgehead atoms. The quantitative estimate of drug-likeness (QED) is 0.783. The minimum absolute atomic E-state index is 0.229. The summed E-state index contributed by atoms with van der Waals surface area (Å²) in [5.41, 5.74) is 0.675. The molecule has 0 radical (unpaired) electrons. The molecular formula is C16H24ClN3O2. The number of hydrogen-bond acceptors (Lipinski definition) is 4. The second-order valence-corrected chi connectivity index (χ2v) is 7.12. The lowest BCUT2D eigenvalue weighted by Crippen LogP contribution is -2.54. The van der Waals surface area contributed by atoms with Gasteiger partial charge in [-0.1, -0.05) is 17.7 Å². The second kappa shape index (κ2) is 6.84. The molecule has 1 aliphatic rings. The van der Waals surface area contributed by atoms with Gasteiger partial charge in [-0.2, -0.15) is 0 Å². The second-order valence-electron chi connectivity index (χ2n) is 6.74. The molecule has 1 aromatic heterocycles. The maximum Gasteiger partial charge on any atom is 0.410 e. The van der Waals surface area contributed by atoms with E-state index in [4.69, 9.17) is 16.3 Å². The fraction of sp³-hybridized carbons (Fsp3) is 0.625. The van der Waals surface area contributed by atoms with Crippen LogP contribution in [-0.2, 0) is 11.3 Å². The van der Waals surface area contributed by atoms with Crippen LogP contribution in [0.15, 0.2) is 18.3 Å². The zero-order chi connectivity index (χ0) is 16.3. The smallest absolute Gasteiger partial charge is 0.410 e. The lowest BCUT2D eigenvalue weighted by atomic mass is 10.1. The van der Waals surface area contributed by atoms with Gasteiger partial charge in [0.05, 0.1) is 0 Å². The number of aromatic nitrogens is 1. The molecule has 6 heteroatoms. The van der Waals surface area contributed by atoms with Crippen LogP contribution in [0, 0.1) is 0 Å². The Bertz CT molecular complexity index is 513. The SMILES string of the molecule is C[C@H]1CN(C(=O)OC(C)(C)C)CCN1Cc1ccc(Cl)nc1. The normalized spacial score (nSPS) is 20.0. The molecule has 1 amide bonds. The third-order valence-electron chi connectivity index (χ3n) is 3.59. The fourth-order valence-corrected chi connectivity index (χ4v) is 2.57. The van der Waals surface area contributed by atoms with Crippen LogP contribution in [0.3, 0.4) is 0 Å². The Kier molecular flexibility index (Phi) is 5.29. The van der Waals surface area contributed by atoms with Crippen molar-refractivity contribution in [1.29, 1.82) is 0 Å². The summed E-state index contributed by atoms with van der Waals surface area (Å²) >= 11 is 5.81. The predicted octanol–water partition coefficient (Wildman–Crippen LogP) is 3.18. The van der Waals surface area contributed by atoms with Crippen LogP contribution in [0.5, 0.6) is 0 Å². The Morgan fingerprint density at radius 2 is 2.14 bits per heavy atom. The molecule has 1 fully saturated rings. The Morgan fingerprint density at radius 1 is 1.41 bits per heavy atom. The number of rotatable bonds is 2. The van der Waals surface area contributed by atoms with Gasteiger partial charge in [-0.25, -0.2) is 9.78 Å². The van der Waals surface area contributed by atoms with Crippen molar-refractivity contribution >= 4 is 17.7 Å².